The molecule has 114 valence electrons. The zero-order chi connectivity index (χ0) is 16.1. The molecule has 7 heteroatoms. The fraction of sp³-hybridized carbons (Fsp3) is 0.357. The lowest BCUT2D eigenvalue weighted by Gasteiger charge is -2.24. The number of sulfonamides is 1. The van der Waals surface area contributed by atoms with Gasteiger partial charge in [0.1, 0.15) is 6.61 Å². The Hall–Kier alpha value is -1.88. The molecule has 0 aliphatic rings. The topological polar surface area (TPSA) is 109 Å². The highest BCUT2D eigenvalue weighted by Gasteiger charge is 2.27. The molecule has 0 saturated heterocycles. The summed E-state index contributed by atoms with van der Waals surface area (Å²) in [5.41, 5.74) is 4.72. The summed E-state index contributed by atoms with van der Waals surface area (Å²) in [6, 6.07) is 5.89. The van der Waals surface area contributed by atoms with E-state index in [-0.39, 0.29) is 17.9 Å². The largest absolute Gasteiger partial charge is 0.384 e. The van der Waals surface area contributed by atoms with Crippen molar-refractivity contribution >= 4 is 15.9 Å². The molecule has 0 atom stereocenters. The van der Waals surface area contributed by atoms with Gasteiger partial charge in [0.05, 0.1) is 4.90 Å². The van der Waals surface area contributed by atoms with Crippen LogP contribution in [0.3, 0.4) is 0 Å². The van der Waals surface area contributed by atoms with Gasteiger partial charge in [0.25, 0.3) is 0 Å². The second-order valence-corrected chi connectivity index (χ2v) is 6.80. The number of carbonyl (C=O) groups is 1. The Labute approximate surface area is 124 Å². The summed E-state index contributed by atoms with van der Waals surface area (Å²) in [5, 5.41) is 8.59. The third kappa shape index (κ3) is 5.55. The van der Waals surface area contributed by atoms with E-state index in [2.05, 4.69) is 16.6 Å². The highest BCUT2D eigenvalue weighted by atomic mass is 32.2. The third-order valence-corrected chi connectivity index (χ3v) is 4.22. The number of hydrogen-bond acceptors (Lipinski definition) is 4. The van der Waals surface area contributed by atoms with Gasteiger partial charge in [-0.15, -0.1) is 0 Å². The molecule has 0 aliphatic heterocycles. The fourth-order valence-corrected chi connectivity index (χ4v) is 3.17. The van der Waals surface area contributed by atoms with Gasteiger partial charge in [-0.25, -0.2) is 13.1 Å². The molecular formula is C14H18N2O4S. The van der Waals surface area contributed by atoms with Crippen molar-refractivity contribution in [1.82, 2.24) is 4.72 Å². The molecule has 0 radical (unpaired) electrons. The summed E-state index contributed by atoms with van der Waals surface area (Å²) >= 11 is 0. The van der Waals surface area contributed by atoms with Gasteiger partial charge in [-0.3, -0.25) is 4.79 Å². The summed E-state index contributed by atoms with van der Waals surface area (Å²) in [6.45, 7) is 2.90. The summed E-state index contributed by atoms with van der Waals surface area (Å²) in [7, 11) is -3.76. The van der Waals surface area contributed by atoms with Crippen molar-refractivity contribution in [2.24, 2.45) is 5.73 Å². The van der Waals surface area contributed by atoms with E-state index in [9.17, 15) is 13.2 Å². The van der Waals surface area contributed by atoms with Gasteiger partial charge >= 0.3 is 0 Å². The Morgan fingerprint density at radius 2 is 1.90 bits per heavy atom. The van der Waals surface area contributed by atoms with E-state index < -0.39 is 21.5 Å². The number of nitrogens with one attached hydrogen (secondary N) is 1. The van der Waals surface area contributed by atoms with Crippen LogP contribution in [0.4, 0.5) is 0 Å². The first kappa shape index (κ1) is 17.2. The van der Waals surface area contributed by atoms with Crippen LogP contribution >= 0.6 is 0 Å². The molecule has 0 unspecified atom stereocenters. The average molecular weight is 310 g/mol. The monoisotopic (exact) mass is 310 g/mol. The summed E-state index contributed by atoms with van der Waals surface area (Å²) in [4.78, 5) is 11.0. The van der Waals surface area contributed by atoms with Crippen LogP contribution in [0.2, 0.25) is 0 Å². The summed E-state index contributed by atoms with van der Waals surface area (Å²) < 4.78 is 26.9. The van der Waals surface area contributed by atoms with Crippen LogP contribution in [-0.2, 0) is 14.8 Å². The summed E-state index contributed by atoms with van der Waals surface area (Å²) in [6.07, 6.45) is -0.105. The number of hydrogen-bond donors (Lipinski definition) is 3. The van der Waals surface area contributed by atoms with Gasteiger partial charge in [-0.2, -0.15) is 0 Å². The van der Waals surface area contributed by atoms with E-state index in [4.69, 9.17) is 10.8 Å². The van der Waals surface area contributed by atoms with Gasteiger partial charge in [-0.1, -0.05) is 11.8 Å². The minimum atomic E-state index is -3.76. The van der Waals surface area contributed by atoms with E-state index in [0.29, 0.717) is 5.56 Å². The number of carbonyl (C=O) groups excluding carboxylic acids is 1. The van der Waals surface area contributed by atoms with E-state index in [1.807, 2.05) is 0 Å². The Bertz CT molecular complexity index is 667. The quantitative estimate of drug-likeness (QED) is 0.663. The first-order valence-electron chi connectivity index (χ1n) is 6.18. The molecule has 1 amide bonds. The van der Waals surface area contributed by atoms with Crippen LogP contribution in [0.15, 0.2) is 29.2 Å². The third-order valence-electron chi connectivity index (χ3n) is 2.50. The molecule has 0 bridgehead atoms. The van der Waals surface area contributed by atoms with Crippen molar-refractivity contribution in [2.45, 2.75) is 30.7 Å². The molecule has 1 aromatic rings. The van der Waals surface area contributed by atoms with Crippen molar-refractivity contribution in [2.75, 3.05) is 6.61 Å². The normalized spacial score (nSPS) is 11.6. The van der Waals surface area contributed by atoms with Crippen LogP contribution in [-0.4, -0.2) is 31.6 Å². The SMILES string of the molecule is CC(C)(CC(N)=O)NS(=O)(=O)c1ccc(C#CCO)cc1. The lowest BCUT2D eigenvalue weighted by atomic mass is 10.0. The Balaban J connectivity index is 2.95. The number of aliphatic hydroxyl groups excluding tert-OH is 1. The van der Waals surface area contributed by atoms with Gasteiger partial charge in [0.15, 0.2) is 0 Å². The maximum atomic E-state index is 12.2. The maximum Gasteiger partial charge on any atom is 0.241 e. The predicted molar refractivity (Wildman–Crippen MR) is 78.6 cm³/mol. The number of nitrogens with two attached hydrogens (primary N) is 1. The lowest BCUT2D eigenvalue weighted by molar-refractivity contribution is -0.119. The standard InChI is InChI=1S/C14H18N2O4S/c1-14(2,10-13(15)18)16-21(19,20)12-7-5-11(6-8-12)4-3-9-17/h5-8,16-17H,9-10H2,1-2H3,(H2,15,18). The summed E-state index contributed by atoms with van der Waals surface area (Å²) in [5.74, 6) is 4.56. The Kier molecular flexibility index (Phi) is 5.49. The molecule has 4 N–H and O–H groups in total. The molecule has 0 aliphatic carbocycles. The minimum Gasteiger partial charge on any atom is -0.384 e. The number of amides is 1. The maximum absolute atomic E-state index is 12.2. The van der Waals surface area contributed by atoms with Crippen LogP contribution in [0, 0.1) is 11.8 Å². The van der Waals surface area contributed by atoms with E-state index >= 15 is 0 Å². The van der Waals surface area contributed by atoms with Gasteiger partial charge in [0, 0.05) is 17.5 Å². The van der Waals surface area contributed by atoms with Gasteiger partial charge in [0.2, 0.25) is 15.9 Å². The molecule has 1 aromatic carbocycles. The van der Waals surface area contributed by atoms with Crippen molar-refractivity contribution in [1.29, 1.82) is 0 Å². The molecule has 0 heterocycles. The van der Waals surface area contributed by atoms with Crippen LogP contribution in [0.1, 0.15) is 25.8 Å². The van der Waals surface area contributed by atoms with Crippen molar-refractivity contribution < 1.29 is 18.3 Å². The molecule has 0 spiro atoms. The smallest absolute Gasteiger partial charge is 0.241 e. The minimum absolute atomic E-state index is 0.0644. The Morgan fingerprint density at radius 1 is 1.33 bits per heavy atom. The van der Waals surface area contributed by atoms with Crippen LogP contribution in [0.5, 0.6) is 0 Å². The number of aliphatic hydroxyl groups is 1. The highest BCUT2D eigenvalue weighted by Crippen LogP contribution is 2.16. The average Bonchev–Trinajstić information content (AvgIpc) is 2.33. The number of primary amides is 1. The molecule has 0 saturated carbocycles. The predicted octanol–water partition coefficient (Wildman–Crippen LogP) is -0.0373. The Morgan fingerprint density at radius 3 is 2.38 bits per heavy atom. The second-order valence-electron chi connectivity index (χ2n) is 5.12. The second kappa shape index (κ2) is 6.72. The molecule has 0 aromatic heterocycles. The zero-order valence-corrected chi connectivity index (χ0v) is 12.7. The van der Waals surface area contributed by atoms with Crippen molar-refractivity contribution in [3.63, 3.8) is 0 Å². The molecule has 21 heavy (non-hydrogen) atoms. The van der Waals surface area contributed by atoms with E-state index in [1.54, 1.807) is 13.8 Å². The molecule has 6 nitrogen and oxygen atoms in total. The van der Waals surface area contributed by atoms with E-state index in [1.165, 1.54) is 24.3 Å². The fourth-order valence-electron chi connectivity index (χ4n) is 1.75. The lowest BCUT2D eigenvalue weighted by Crippen LogP contribution is -2.45. The highest BCUT2D eigenvalue weighted by molar-refractivity contribution is 7.89. The molecule has 1 rings (SSSR count). The van der Waals surface area contributed by atoms with Crippen molar-refractivity contribution in [3.8, 4) is 11.8 Å². The first-order chi connectivity index (χ1) is 9.66. The number of benzene rings is 1. The number of rotatable bonds is 5. The van der Waals surface area contributed by atoms with Crippen LogP contribution < -0.4 is 10.5 Å². The molecular weight excluding hydrogens is 292 g/mol. The first-order valence-corrected chi connectivity index (χ1v) is 7.67. The van der Waals surface area contributed by atoms with Crippen LogP contribution in [0.25, 0.3) is 0 Å². The van der Waals surface area contributed by atoms with Crippen molar-refractivity contribution in [3.05, 3.63) is 29.8 Å². The zero-order valence-electron chi connectivity index (χ0n) is 11.9. The molecule has 0 fully saturated rings. The van der Waals surface area contributed by atoms with E-state index in [0.717, 1.165) is 0 Å². The van der Waals surface area contributed by atoms with Gasteiger partial charge in [-0.05, 0) is 38.1 Å². The van der Waals surface area contributed by atoms with Gasteiger partial charge < -0.3 is 10.8 Å².